The molecule has 4 nitrogen and oxygen atoms in total. The molecule has 1 heterocycles. The molecule has 164 valence electrons. The van der Waals surface area contributed by atoms with Crippen molar-refractivity contribution in [1.29, 1.82) is 0 Å². The van der Waals surface area contributed by atoms with Crippen molar-refractivity contribution in [3.05, 3.63) is 81.5 Å². The van der Waals surface area contributed by atoms with E-state index >= 15 is 0 Å². The average molecular weight is 513 g/mol. The van der Waals surface area contributed by atoms with Gasteiger partial charge < -0.3 is 4.90 Å². The van der Waals surface area contributed by atoms with Crippen LogP contribution in [0.5, 0.6) is 0 Å². The SMILES string of the molecule is CS(=O)(=O)c1cc(Br)ccc1C1NCN(c2cccc(C(F)(F)F)c2)C2=C1C=CCC2. The van der Waals surface area contributed by atoms with Crippen LogP contribution in [0.1, 0.15) is 30.0 Å². The summed E-state index contributed by atoms with van der Waals surface area (Å²) in [5.41, 5.74) is 2.12. The molecule has 0 amide bonds. The number of halogens is 4. The van der Waals surface area contributed by atoms with Crippen molar-refractivity contribution in [2.24, 2.45) is 0 Å². The van der Waals surface area contributed by atoms with E-state index in [2.05, 4.69) is 21.2 Å². The van der Waals surface area contributed by atoms with Crippen LogP contribution in [0, 0.1) is 0 Å². The third kappa shape index (κ3) is 4.44. The molecule has 1 aliphatic carbocycles. The van der Waals surface area contributed by atoms with Crippen LogP contribution in [0.4, 0.5) is 18.9 Å². The maximum absolute atomic E-state index is 13.2. The molecule has 2 aromatic carbocycles. The van der Waals surface area contributed by atoms with Gasteiger partial charge in [0.25, 0.3) is 0 Å². The quantitative estimate of drug-likeness (QED) is 0.582. The van der Waals surface area contributed by atoms with E-state index in [9.17, 15) is 21.6 Å². The van der Waals surface area contributed by atoms with Crippen molar-refractivity contribution in [2.45, 2.75) is 30.0 Å². The summed E-state index contributed by atoms with van der Waals surface area (Å²) in [6.07, 6.45) is 2.10. The van der Waals surface area contributed by atoms with E-state index in [-0.39, 0.29) is 17.6 Å². The largest absolute Gasteiger partial charge is 0.416 e. The Labute approximate surface area is 187 Å². The van der Waals surface area contributed by atoms with Gasteiger partial charge in [0.1, 0.15) is 0 Å². The van der Waals surface area contributed by atoms with Crippen molar-refractivity contribution < 1.29 is 21.6 Å². The molecule has 9 heteroatoms. The molecule has 0 fully saturated rings. The standard InChI is InChI=1S/C22H20BrF3N2O2S/c1-31(29,30)20-12-15(23)9-10-18(20)21-17-7-2-3-8-19(17)28(13-27-21)16-6-4-5-14(11-16)22(24,25)26/h2,4-7,9-12,21,27H,3,8,13H2,1H3. The predicted octanol–water partition coefficient (Wildman–Crippen LogP) is 5.58. The number of anilines is 1. The first-order chi connectivity index (χ1) is 14.6. The molecular formula is C22H20BrF3N2O2S. The van der Waals surface area contributed by atoms with E-state index in [1.165, 1.54) is 12.3 Å². The summed E-state index contributed by atoms with van der Waals surface area (Å²) < 4.78 is 65.2. The van der Waals surface area contributed by atoms with Crippen molar-refractivity contribution in [3.8, 4) is 0 Å². The molecule has 0 radical (unpaired) electrons. The second-order valence-electron chi connectivity index (χ2n) is 7.57. The number of hydrogen-bond acceptors (Lipinski definition) is 4. The Kier molecular flexibility index (Phi) is 5.78. The molecule has 1 aliphatic heterocycles. The molecule has 0 saturated heterocycles. The zero-order chi connectivity index (χ0) is 22.4. The van der Waals surface area contributed by atoms with E-state index in [0.29, 0.717) is 22.1 Å². The van der Waals surface area contributed by atoms with Gasteiger partial charge >= 0.3 is 6.18 Å². The van der Waals surface area contributed by atoms with E-state index < -0.39 is 21.6 Å². The van der Waals surface area contributed by atoms with Gasteiger partial charge in [0, 0.05) is 22.1 Å². The minimum absolute atomic E-state index is 0.220. The van der Waals surface area contributed by atoms with Gasteiger partial charge in [-0.2, -0.15) is 13.2 Å². The fraction of sp³-hybridized carbons (Fsp3) is 0.273. The zero-order valence-electron chi connectivity index (χ0n) is 16.6. The lowest BCUT2D eigenvalue weighted by Gasteiger charge is -2.40. The third-order valence-corrected chi connectivity index (χ3v) is 7.09. The second kappa shape index (κ2) is 8.11. The lowest BCUT2D eigenvalue weighted by molar-refractivity contribution is -0.137. The highest BCUT2D eigenvalue weighted by Crippen LogP contribution is 2.41. The van der Waals surface area contributed by atoms with Gasteiger partial charge in [-0.05, 0) is 54.3 Å². The van der Waals surface area contributed by atoms with Crippen LogP contribution < -0.4 is 10.2 Å². The Bertz CT molecular complexity index is 1190. The van der Waals surface area contributed by atoms with Crippen molar-refractivity contribution in [1.82, 2.24) is 5.32 Å². The Hall–Kier alpha value is -2.10. The smallest absolute Gasteiger partial charge is 0.332 e. The van der Waals surface area contributed by atoms with Crippen LogP contribution >= 0.6 is 15.9 Å². The number of sulfone groups is 1. The van der Waals surface area contributed by atoms with Gasteiger partial charge in [-0.25, -0.2) is 8.42 Å². The highest BCUT2D eigenvalue weighted by atomic mass is 79.9. The number of nitrogens with one attached hydrogen (secondary N) is 1. The fourth-order valence-corrected chi connectivity index (χ4v) is 5.52. The maximum atomic E-state index is 13.2. The summed E-state index contributed by atoms with van der Waals surface area (Å²) in [6.45, 7) is 0.262. The number of rotatable bonds is 3. The summed E-state index contributed by atoms with van der Waals surface area (Å²) in [6, 6.07) is 10.0. The summed E-state index contributed by atoms with van der Waals surface area (Å²) in [4.78, 5) is 2.06. The summed E-state index contributed by atoms with van der Waals surface area (Å²) in [5, 5.41) is 3.33. The average Bonchev–Trinajstić information content (AvgIpc) is 2.72. The number of alkyl halides is 3. The van der Waals surface area contributed by atoms with Gasteiger partial charge in [0.15, 0.2) is 9.84 Å². The molecule has 0 aromatic heterocycles. The van der Waals surface area contributed by atoms with Gasteiger partial charge in [0.2, 0.25) is 0 Å². The van der Waals surface area contributed by atoms with Gasteiger partial charge in [-0.3, -0.25) is 5.32 Å². The minimum atomic E-state index is -4.42. The van der Waals surface area contributed by atoms with Crippen molar-refractivity contribution >= 4 is 31.5 Å². The molecule has 0 spiro atoms. The Balaban J connectivity index is 1.82. The lowest BCUT2D eigenvalue weighted by atomic mass is 9.89. The molecule has 31 heavy (non-hydrogen) atoms. The van der Waals surface area contributed by atoms with Crippen LogP contribution in [0.2, 0.25) is 0 Å². The van der Waals surface area contributed by atoms with E-state index in [4.69, 9.17) is 0 Å². The fourth-order valence-electron chi connectivity index (χ4n) is 4.06. The molecule has 2 aliphatic rings. The predicted molar refractivity (Wildman–Crippen MR) is 117 cm³/mol. The Morgan fingerprint density at radius 1 is 1.16 bits per heavy atom. The first-order valence-corrected chi connectivity index (χ1v) is 12.3. The summed E-state index contributed by atoms with van der Waals surface area (Å²) >= 11 is 3.33. The van der Waals surface area contributed by atoms with Gasteiger partial charge in [0.05, 0.1) is 23.2 Å². The monoisotopic (exact) mass is 512 g/mol. The lowest BCUT2D eigenvalue weighted by Crippen LogP contribution is -2.43. The van der Waals surface area contributed by atoms with Gasteiger partial charge in [-0.1, -0.05) is 40.2 Å². The number of nitrogens with zero attached hydrogens (tertiary/aromatic N) is 1. The van der Waals surface area contributed by atoms with Gasteiger partial charge in [-0.15, -0.1) is 0 Å². The van der Waals surface area contributed by atoms with E-state index in [0.717, 1.165) is 29.8 Å². The second-order valence-corrected chi connectivity index (χ2v) is 10.5. The Morgan fingerprint density at radius 2 is 1.94 bits per heavy atom. The zero-order valence-corrected chi connectivity index (χ0v) is 19.0. The molecule has 2 aromatic rings. The molecule has 1 atom stereocenters. The molecule has 1 unspecified atom stereocenters. The highest BCUT2D eigenvalue weighted by Gasteiger charge is 2.34. The summed E-state index contributed by atoms with van der Waals surface area (Å²) in [7, 11) is -3.49. The maximum Gasteiger partial charge on any atom is 0.416 e. The number of hydrogen-bond donors (Lipinski definition) is 1. The van der Waals surface area contributed by atoms with Crippen LogP contribution in [-0.4, -0.2) is 21.3 Å². The summed E-state index contributed by atoms with van der Waals surface area (Å²) in [5.74, 6) is 0. The van der Waals surface area contributed by atoms with Crippen LogP contribution in [-0.2, 0) is 16.0 Å². The van der Waals surface area contributed by atoms with Crippen LogP contribution in [0.3, 0.4) is 0 Å². The topological polar surface area (TPSA) is 49.4 Å². The first kappa shape index (κ1) is 22.1. The Morgan fingerprint density at radius 3 is 2.65 bits per heavy atom. The van der Waals surface area contributed by atoms with E-state index in [1.54, 1.807) is 24.3 Å². The molecule has 0 saturated carbocycles. The molecule has 1 N–H and O–H groups in total. The number of allylic oxidation sites excluding steroid dienone is 2. The third-order valence-electron chi connectivity index (χ3n) is 5.44. The normalized spacial score (nSPS) is 19.5. The molecule has 4 rings (SSSR count). The first-order valence-electron chi connectivity index (χ1n) is 9.63. The van der Waals surface area contributed by atoms with E-state index in [1.807, 2.05) is 17.1 Å². The highest BCUT2D eigenvalue weighted by molar-refractivity contribution is 9.10. The number of benzene rings is 2. The van der Waals surface area contributed by atoms with Crippen molar-refractivity contribution in [3.63, 3.8) is 0 Å². The van der Waals surface area contributed by atoms with Crippen LogP contribution in [0.25, 0.3) is 0 Å². The van der Waals surface area contributed by atoms with Crippen LogP contribution in [0.15, 0.2) is 75.3 Å². The molecule has 0 bridgehead atoms. The minimum Gasteiger partial charge on any atom is -0.332 e. The van der Waals surface area contributed by atoms with Crippen molar-refractivity contribution in [2.75, 3.05) is 17.8 Å². The molecular weight excluding hydrogens is 493 g/mol.